The number of nitro groups is 1. The number of thioether (sulfide) groups is 1. The van der Waals surface area contributed by atoms with Gasteiger partial charge in [0.15, 0.2) is 4.34 Å². The molecule has 0 spiro atoms. The Bertz CT molecular complexity index is 627. The van der Waals surface area contributed by atoms with Crippen LogP contribution >= 0.6 is 23.1 Å². The molecule has 0 bridgehead atoms. The lowest BCUT2D eigenvalue weighted by Crippen LogP contribution is -1.98. The van der Waals surface area contributed by atoms with Crippen molar-refractivity contribution in [3.63, 3.8) is 0 Å². The summed E-state index contributed by atoms with van der Waals surface area (Å²) in [6.07, 6.45) is 6.35. The monoisotopic (exact) mass is 281 g/mol. The summed E-state index contributed by atoms with van der Waals surface area (Å²) in [6.45, 7) is 0. The minimum atomic E-state index is -0.495. The van der Waals surface area contributed by atoms with Gasteiger partial charge in [0.1, 0.15) is 6.20 Å². The highest BCUT2D eigenvalue weighted by Gasteiger charge is 2.21. The zero-order valence-corrected chi connectivity index (χ0v) is 10.9. The van der Waals surface area contributed by atoms with Crippen LogP contribution < -0.4 is 0 Å². The molecule has 0 aliphatic heterocycles. The van der Waals surface area contributed by atoms with E-state index in [0.717, 1.165) is 0 Å². The molecular weight excluding hydrogens is 274 g/mol. The molecule has 0 aliphatic carbocycles. The maximum absolute atomic E-state index is 10.7. The Hall–Kier alpha value is -1.92. The molecule has 0 unspecified atom stereocenters. The molecule has 2 aromatic heterocycles. The van der Waals surface area contributed by atoms with E-state index < -0.39 is 4.92 Å². The largest absolute Gasteiger partial charge is 0.358 e. The van der Waals surface area contributed by atoms with Crippen LogP contribution in [0.1, 0.15) is 0 Å². The van der Waals surface area contributed by atoms with Gasteiger partial charge in [-0.3, -0.25) is 0 Å². The molecule has 2 rings (SSSR count). The highest BCUT2D eigenvalue weighted by atomic mass is 32.2. The number of rotatable bonds is 4. The van der Waals surface area contributed by atoms with Crippen LogP contribution in [0.15, 0.2) is 10.5 Å². The van der Waals surface area contributed by atoms with Gasteiger partial charge in [-0.2, -0.15) is 0 Å². The first-order valence-electron chi connectivity index (χ1n) is 4.69. The highest BCUT2D eigenvalue weighted by Crippen LogP contribution is 2.29. The van der Waals surface area contributed by atoms with Gasteiger partial charge < -0.3 is 10.1 Å². The second kappa shape index (κ2) is 5.16. The van der Waals surface area contributed by atoms with Gasteiger partial charge in [-0.05, 0) is 4.92 Å². The Morgan fingerprint density at radius 1 is 1.67 bits per heavy atom. The average Bonchev–Trinajstić information content (AvgIpc) is 2.92. The zero-order valence-electron chi connectivity index (χ0n) is 9.23. The van der Waals surface area contributed by atoms with Crippen LogP contribution in [0.25, 0.3) is 10.8 Å². The van der Waals surface area contributed by atoms with Crippen LogP contribution in [0, 0.1) is 22.5 Å². The van der Waals surface area contributed by atoms with Gasteiger partial charge in [-0.15, -0.1) is 16.6 Å². The second-order valence-corrected chi connectivity index (χ2v) is 5.32. The van der Waals surface area contributed by atoms with E-state index in [4.69, 9.17) is 6.42 Å². The first-order chi connectivity index (χ1) is 8.63. The van der Waals surface area contributed by atoms with Crippen LogP contribution in [0.3, 0.4) is 0 Å². The summed E-state index contributed by atoms with van der Waals surface area (Å²) in [5.74, 6) is 3.33. The van der Waals surface area contributed by atoms with E-state index in [-0.39, 0.29) is 5.82 Å². The fourth-order valence-corrected chi connectivity index (χ4v) is 2.80. The van der Waals surface area contributed by atoms with Crippen molar-refractivity contribution in [2.45, 2.75) is 4.34 Å². The van der Waals surface area contributed by atoms with E-state index >= 15 is 0 Å². The van der Waals surface area contributed by atoms with Crippen LogP contribution in [0.4, 0.5) is 5.82 Å². The van der Waals surface area contributed by atoms with E-state index in [9.17, 15) is 10.1 Å². The molecule has 0 aromatic carbocycles. The number of terminal acetylenes is 1. The van der Waals surface area contributed by atoms with Crippen molar-refractivity contribution in [3.05, 3.63) is 16.3 Å². The molecule has 0 amide bonds. The SMILES string of the molecule is C#CCSc1nnc(-c2ncc([N+](=O)[O-])n2C)s1. The number of hydrogen-bond acceptors (Lipinski definition) is 7. The normalized spacial score (nSPS) is 10.2. The Morgan fingerprint density at radius 3 is 3.06 bits per heavy atom. The highest BCUT2D eigenvalue weighted by molar-refractivity contribution is 8.01. The Balaban J connectivity index is 2.29. The minimum Gasteiger partial charge on any atom is -0.358 e. The predicted octanol–water partition coefficient (Wildman–Crippen LogP) is 1.57. The van der Waals surface area contributed by atoms with Crippen LogP contribution in [0.2, 0.25) is 0 Å². The summed E-state index contributed by atoms with van der Waals surface area (Å²) in [7, 11) is 1.57. The molecule has 2 heterocycles. The van der Waals surface area contributed by atoms with Gasteiger partial charge in [-0.1, -0.05) is 29.0 Å². The molecule has 0 radical (unpaired) electrons. The lowest BCUT2D eigenvalue weighted by molar-refractivity contribution is -0.391. The van der Waals surface area contributed by atoms with E-state index in [1.54, 1.807) is 7.05 Å². The van der Waals surface area contributed by atoms with Gasteiger partial charge in [0.2, 0.25) is 5.01 Å². The molecule has 18 heavy (non-hydrogen) atoms. The quantitative estimate of drug-likeness (QED) is 0.366. The molecule has 7 nitrogen and oxygen atoms in total. The number of aromatic nitrogens is 4. The fraction of sp³-hybridized carbons (Fsp3) is 0.222. The molecule has 0 atom stereocenters. The first-order valence-corrected chi connectivity index (χ1v) is 6.50. The zero-order chi connectivity index (χ0) is 13.1. The van der Waals surface area contributed by atoms with E-state index in [1.165, 1.54) is 33.9 Å². The summed E-state index contributed by atoms with van der Waals surface area (Å²) in [4.78, 5) is 14.2. The van der Waals surface area contributed by atoms with Crippen molar-refractivity contribution in [2.24, 2.45) is 7.05 Å². The van der Waals surface area contributed by atoms with E-state index in [0.29, 0.717) is 20.9 Å². The summed E-state index contributed by atoms with van der Waals surface area (Å²) in [5.41, 5.74) is 0. The Morgan fingerprint density at radius 2 is 2.44 bits per heavy atom. The van der Waals surface area contributed by atoms with Crippen molar-refractivity contribution in [1.82, 2.24) is 19.7 Å². The molecule has 0 saturated carbocycles. The molecule has 92 valence electrons. The number of hydrogen-bond donors (Lipinski definition) is 0. The average molecular weight is 281 g/mol. The third-order valence-electron chi connectivity index (χ3n) is 2.03. The maximum atomic E-state index is 10.7. The minimum absolute atomic E-state index is 0.0852. The summed E-state index contributed by atoms with van der Waals surface area (Å²) in [5, 5.41) is 19.1. The van der Waals surface area contributed by atoms with Crippen molar-refractivity contribution in [3.8, 4) is 23.2 Å². The van der Waals surface area contributed by atoms with Crippen molar-refractivity contribution >= 4 is 28.9 Å². The predicted molar refractivity (Wildman–Crippen MR) is 68.3 cm³/mol. The lowest BCUT2D eigenvalue weighted by Gasteiger charge is -1.94. The lowest BCUT2D eigenvalue weighted by atomic mass is 10.6. The van der Waals surface area contributed by atoms with Crippen LogP contribution in [-0.2, 0) is 7.05 Å². The van der Waals surface area contributed by atoms with Crippen LogP contribution in [-0.4, -0.2) is 30.4 Å². The second-order valence-electron chi connectivity index (χ2n) is 3.12. The summed E-state index contributed by atoms with van der Waals surface area (Å²) in [6, 6.07) is 0. The fourth-order valence-electron chi connectivity index (χ4n) is 1.23. The molecule has 2 aromatic rings. The third kappa shape index (κ3) is 2.34. The van der Waals surface area contributed by atoms with Crippen molar-refractivity contribution < 1.29 is 4.92 Å². The van der Waals surface area contributed by atoms with Crippen molar-refractivity contribution in [1.29, 1.82) is 0 Å². The molecule has 0 saturated heterocycles. The number of nitrogens with zero attached hydrogens (tertiary/aromatic N) is 5. The van der Waals surface area contributed by atoms with E-state index in [1.807, 2.05) is 0 Å². The van der Waals surface area contributed by atoms with Gasteiger partial charge in [-0.25, -0.2) is 9.55 Å². The number of imidazole rings is 1. The van der Waals surface area contributed by atoms with Gasteiger partial charge in [0.25, 0.3) is 5.82 Å². The summed E-state index contributed by atoms with van der Waals surface area (Å²) < 4.78 is 2.09. The molecular formula is C9H7N5O2S2. The van der Waals surface area contributed by atoms with E-state index in [2.05, 4.69) is 21.1 Å². The summed E-state index contributed by atoms with van der Waals surface area (Å²) >= 11 is 2.70. The van der Waals surface area contributed by atoms with Crippen molar-refractivity contribution in [2.75, 3.05) is 5.75 Å². The standard InChI is InChI=1S/C9H7N5O2S2/c1-3-4-17-9-12-11-8(18-9)7-10-5-6(13(7)2)14(15)16/h1,5H,4H2,2H3. The maximum Gasteiger partial charge on any atom is 0.342 e. The third-order valence-corrected chi connectivity index (χ3v) is 3.98. The molecule has 0 aliphatic rings. The van der Waals surface area contributed by atoms with Gasteiger partial charge >= 0.3 is 5.82 Å². The van der Waals surface area contributed by atoms with Gasteiger partial charge in [0.05, 0.1) is 12.8 Å². The molecule has 0 N–H and O–H groups in total. The molecule has 9 heteroatoms. The van der Waals surface area contributed by atoms with Gasteiger partial charge in [0, 0.05) is 0 Å². The topological polar surface area (TPSA) is 86.7 Å². The Labute approximate surface area is 110 Å². The smallest absolute Gasteiger partial charge is 0.342 e. The first kappa shape index (κ1) is 12.5. The van der Waals surface area contributed by atoms with Crippen LogP contribution in [0.5, 0.6) is 0 Å². The Kier molecular flexibility index (Phi) is 3.59. The molecule has 0 fully saturated rings.